The minimum absolute atomic E-state index is 0.183. The van der Waals surface area contributed by atoms with Crippen molar-refractivity contribution >= 4 is 34.3 Å². The van der Waals surface area contributed by atoms with E-state index in [1.807, 2.05) is 0 Å². The van der Waals surface area contributed by atoms with E-state index in [2.05, 4.69) is 96.3 Å². The molecular weight excluding hydrogens is 401 g/mol. The summed E-state index contributed by atoms with van der Waals surface area (Å²) in [4.78, 5) is 24.6. The molecule has 2 aliphatic rings. The van der Waals surface area contributed by atoms with Gasteiger partial charge in [-0.3, -0.25) is 0 Å². The molecule has 2 saturated heterocycles. The zero-order chi connectivity index (χ0) is 21.3. The van der Waals surface area contributed by atoms with Crippen LogP contribution in [0.4, 0.5) is 0 Å². The summed E-state index contributed by atoms with van der Waals surface area (Å²) in [6.45, 7) is -2.91. The van der Waals surface area contributed by atoms with Crippen LogP contribution in [-0.4, -0.2) is 24.1 Å². The molecule has 2 heterocycles. The van der Waals surface area contributed by atoms with Crippen LogP contribution in [0.25, 0.3) is 0 Å². The molecule has 2 aliphatic heterocycles. The summed E-state index contributed by atoms with van der Waals surface area (Å²) in [6.07, 6.45) is 3.96. The molecule has 0 unspecified atom stereocenters. The molecule has 31 heavy (non-hydrogen) atoms. The fraction of sp³-hybridized carbons (Fsp3) is 0.185. The number of benzene rings is 3. The molecule has 2 amide bonds. The Hall–Kier alpha value is -3.03. The normalized spacial score (nSPS) is 23.5. The maximum atomic E-state index is 12.6. The van der Waals surface area contributed by atoms with Crippen LogP contribution in [-0.2, 0) is 9.59 Å². The summed E-state index contributed by atoms with van der Waals surface area (Å²) in [5, 5.41) is 6.57. The number of allylic oxidation sites excluding steroid dienone is 1. The molecule has 3 nitrogen and oxygen atoms in total. The molecule has 0 aliphatic carbocycles. The van der Waals surface area contributed by atoms with Crippen LogP contribution in [0.1, 0.15) is 19.3 Å². The van der Waals surface area contributed by atoms with Crippen molar-refractivity contribution in [2.45, 2.75) is 19.3 Å². The minimum atomic E-state index is -2.91. The van der Waals surface area contributed by atoms with Gasteiger partial charge in [0.05, 0.1) is 0 Å². The molecule has 1 N–H and O–H groups in total. The average Bonchev–Trinajstić information content (AvgIpc) is 3.19. The van der Waals surface area contributed by atoms with Gasteiger partial charge in [0.2, 0.25) is 0 Å². The van der Waals surface area contributed by atoms with E-state index in [1.165, 1.54) is 15.9 Å². The van der Waals surface area contributed by atoms with Crippen LogP contribution in [0, 0.1) is 0 Å². The molecule has 0 spiro atoms. The fourth-order valence-corrected chi connectivity index (χ4v) is 12.8. The van der Waals surface area contributed by atoms with Gasteiger partial charge in [-0.15, -0.1) is 0 Å². The zero-order valence-electron chi connectivity index (χ0n) is 17.5. The van der Waals surface area contributed by atoms with Crippen LogP contribution in [0.2, 0.25) is 0 Å². The second-order valence-corrected chi connectivity index (χ2v) is 14.0. The number of amides is 2. The predicted molar refractivity (Wildman–Crippen MR) is 129 cm³/mol. The number of carbonyl (C=O) groups excluding carboxylic acids is 2. The van der Waals surface area contributed by atoms with Gasteiger partial charge in [0.25, 0.3) is 0 Å². The number of rotatable bonds is 3. The molecule has 2 fully saturated rings. The van der Waals surface area contributed by atoms with Crippen molar-refractivity contribution in [3.05, 3.63) is 102 Å². The van der Waals surface area contributed by atoms with Crippen LogP contribution in [0.3, 0.4) is 0 Å². The topological polar surface area (TPSA) is 46.2 Å². The Morgan fingerprint density at radius 2 is 1.16 bits per heavy atom. The molecule has 0 radical (unpaired) electrons. The summed E-state index contributed by atoms with van der Waals surface area (Å²) in [7, 11) is 0. The second-order valence-electron chi connectivity index (χ2n) is 8.64. The molecule has 0 bridgehead atoms. The van der Waals surface area contributed by atoms with Gasteiger partial charge in [-0.1, -0.05) is 0 Å². The molecular formula is C27H26NO2P. The first-order chi connectivity index (χ1) is 15.1. The quantitative estimate of drug-likeness (QED) is 0.394. The molecule has 0 atom stereocenters. The monoisotopic (exact) mass is 427 g/mol. The fourth-order valence-electron chi connectivity index (χ4n) is 5.71. The molecule has 0 saturated carbocycles. The number of hydrogen-bond donors (Lipinski definition) is 1. The Labute approximate surface area is 183 Å². The first-order valence-corrected chi connectivity index (χ1v) is 13.5. The molecule has 0 aromatic heterocycles. The van der Waals surface area contributed by atoms with Gasteiger partial charge in [0.15, 0.2) is 0 Å². The van der Waals surface area contributed by atoms with Gasteiger partial charge in [-0.05, 0) is 0 Å². The molecule has 3 aromatic rings. The van der Waals surface area contributed by atoms with E-state index >= 15 is 0 Å². The molecule has 3 aromatic carbocycles. The zero-order valence-corrected chi connectivity index (χ0v) is 18.4. The Morgan fingerprint density at radius 3 is 1.58 bits per heavy atom. The third kappa shape index (κ3) is 2.99. The Morgan fingerprint density at radius 1 is 0.677 bits per heavy atom. The van der Waals surface area contributed by atoms with Gasteiger partial charge in [0, 0.05) is 0 Å². The summed E-state index contributed by atoms with van der Waals surface area (Å²) in [5.74, 6) is -0.384. The average molecular weight is 427 g/mol. The number of nitrogens with one attached hydrogen (secondary N) is 1. The van der Waals surface area contributed by atoms with Crippen molar-refractivity contribution < 1.29 is 9.59 Å². The van der Waals surface area contributed by atoms with E-state index in [4.69, 9.17) is 0 Å². The van der Waals surface area contributed by atoms with Gasteiger partial charge < -0.3 is 0 Å². The van der Waals surface area contributed by atoms with Crippen molar-refractivity contribution in [2.75, 3.05) is 12.3 Å². The van der Waals surface area contributed by atoms with Crippen molar-refractivity contribution in [1.82, 2.24) is 5.32 Å². The van der Waals surface area contributed by atoms with Crippen molar-refractivity contribution in [1.29, 1.82) is 0 Å². The van der Waals surface area contributed by atoms with Crippen LogP contribution >= 0.6 is 6.60 Å². The summed E-state index contributed by atoms with van der Waals surface area (Å²) < 4.78 is 0. The van der Waals surface area contributed by atoms with Gasteiger partial charge in [0.1, 0.15) is 0 Å². The van der Waals surface area contributed by atoms with Gasteiger partial charge in [-0.25, -0.2) is 0 Å². The molecule has 5 rings (SSSR count). The van der Waals surface area contributed by atoms with Gasteiger partial charge in [-0.2, -0.15) is 0 Å². The Balaban J connectivity index is 1.87. The van der Waals surface area contributed by atoms with Crippen molar-refractivity contribution in [3.8, 4) is 0 Å². The van der Waals surface area contributed by atoms with E-state index in [1.54, 1.807) is 0 Å². The maximum absolute atomic E-state index is 12.6. The third-order valence-corrected chi connectivity index (χ3v) is 14.1. The Bertz CT molecular complexity index is 1070. The number of hydrogen-bond acceptors (Lipinski definition) is 2. The van der Waals surface area contributed by atoms with Crippen molar-refractivity contribution in [2.24, 2.45) is 0 Å². The third-order valence-electron chi connectivity index (χ3n) is 7.10. The first-order valence-electron chi connectivity index (χ1n) is 10.9. The van der Waals surface area contributed by atoms with E-state index in [-0.39, 0.29) is 18.2 Å². The standard InChI is InChI=1S/C27H26NO2P/c29-26-19-25(27(30)28-26)21-11-10-18-31(20-21,22-12-4-1-5-13-22,23-14-6-2-7-15-23)24-16-8-3-9-17-24/h1-9,12-17H,10-11,18-20H2,(H,28,29,30)/b25-21+. The second kappa shape index (κ2) is 7.59. The van der Waals surface area contributed by atoms with Gasteiger partial charge >= 0.3 is 183 Å². The van der Waals surface area contributed by atoms with E-state index < -0.39 is 6.60 Å². The van der Waals surface area contributed by atoms with E-state index in [9.17, 15) is 9.59 Å². The van der Waals surface area contributed by atoms with E-state index in [0.717, 1.165) is 30.7 Å². The number of imide groups is 1. The van der Waals surface area contributed by atoms with Crippen LogP contribution < -0.4 is 21.2 Å². The number of carbonyl (C=O) groups is 2. The molecule has 4 heteroatoms. The summed E-state index contributed by atoms with van der Waals surface area (Å²) >= 11 is 0. The van der Waals surface area contributed by atoms with Crippen LogP contribution in [0.5, 0.6) is 0 Å². The summed E-state index contributed by atoms with van der Waals surface area (Å²) in [5.41, 5.74) is 1.85. The first kappa shape index (κ1) is 19.9. The SMILES string of the molecule is O=C1C/C(=C2/CCCP(c3ccccc3)(c3ccccc3)(c3ccccc3)C2)C(=O)N1. The van der Waals surface area contributed by atoms with Crippen molar-refractivity contribution in [3.63, 3.8) is 0 Å². The Kier molecular flexibility index (Phi) is 4.87. The summed E-state index contributed by atoms with van der Waals surface area (Å²) in [6, 6.07) is 32.6. The van der Waals surface area contributed by atoms with Crippen LogP contribution in [0.15, 0.2) is 102 Å². The van der Waals surface area contributed by atoms with E-state index in [0.29, 0.717) is 5.57 Å². The predicted octanol–water partition coefficient (Wildman–Crippen LogP) is 3.65. The molecule has 156 valence electrons.